The number of ether oxygens (including phenoxy) is 1. The van der Waals surface area contributed by atoms with Gasteiger partial charge in [-0.15, -0.1) is 0 Å². The van der Waals surface area contributed by atoms with Gasteiger partial charge in [-0.05, 0) is 33.6 Å². The smallest absolute Gasteiger partial charge is 0.407 e. The van der Waals surface area contributed by atoms with Crippen molar-refractivity contribution in [1.29, 1.82) is 0 Å². The molecule has 7 heteroatoms. The number of carbonyl (C=O) groups is 2. The Morgan fingerprint density at radius 3 is 2.41 bits per heavy atom. The number of hydrogen-bond acceptors (Lipinski definition) is 6. The Bertz CT molecular complexity index is 498. The predicted molar refractivity (Wildman–Crippen MR) is 86.6 cm³/mol. The van der Waals surface area contributed by atoms with Crippen molar-refractivity contribution < 1.29 is 14.3 Å². The monoisotopic (exact) mass is 325 g/mol. The molecular formula is C15H23N3O3S. The molecule has 0 atom stereocenters. The van der Waals surface area contributed by atoms with Crippen LogP contribution in [-0.2, 0) is 21.7 Å². The van der Waals surface area contributed by atoms with Crippen LogP contribution in [0.25, 0.3) is 0 Å². The number of thioether (sulfide) groups is 1. The van der Waals surface area contributed by atoms with E-state index < -0.39 is 11.7 Å². The normalized spacial score (nSPS) is 11.1. The Morgan fingerprint density at radius 2 is 1.86 bits per heavy atom. The predicted octanol–water partition coefficient (Wildman–Crippen LogP) is 2.71. The molecule has 0 saturated carbocycles. The molecule has 0 saturated heterocycles. The van der Waals surface area contributed by atoms with E-state index in [4.69, 9.17) is 4.74 Å². The highest BCUT2D eigenvalue weighted by Gasteiger charge is 2.15. The summed E-state index contributed by atoms with van der Waals surface area (Å²) in [4.78, 5) is 30.9. The van der Waals surface area contributed by atoms with E-state index in [1.54, 1.807) is 12.4 Å². The summed E-state index contributed by atoms with van der Waals surface area (Å²) in [5.41, 5.74) is 1.17. The summed E-state index contributed by atoms with van der Waals surface area (Å²) < 4.78 is 5.14. The lowest BCUT2D eigenvalue weighted by molar-refractivity contribution is -0.109. The van der Waals surface area contributed by atoms with Gasteiger partial charge in [-0.1, -0.05) is 11.8 Å². The third kappa shape index (κ3) is 8.61. The molecule has 0 aromatic carbocycles. The Kier molecular flexibility index (Phi) is 7.31. The van der Waals surface area contributed by atoms with E-state index in [2.05, 4.69) is 15.3 Å². The van der Waals surface area contributed by atoms with E-state index in [0.717, 1.165) is 24.2 Å². The highest BCUT2D eigenvalue weighted by Crippen LogP contribution is 2.10. The quantitative estimate of drug-likeness (QED) is 0.810. The largest absolute Gasteiger partial charge is 0.444 e. The Labute approximate surface area is 135 Å². The average Bonchev–Trinajstić information content (AvgIpc) is 2.40. The summed E-state index contributed by atoms with van der Waals surface area (Å²) in [5, 5.41) is 2.77. The molecule has 0 aliphatic heterocycles. The Balaban J connectivity index is 2.25. The van der Waals surface area contributed by atoms with Gasteiger partial charge in [0, 0.05) is 31.6 Å². The second kappa shape index (κ2) is 8.73. The van der Waals surface area contributed by atoms with Gasteiger partial charge in [-0.25, -0.2) is 4.79 Å². The molecular weight excluding hydrogens is 302 g/mol. The van der Waals surface area contributed by atoms with E-state index >= 15 is 0 Å². The zero-order valence-corrected chi connectivity index (χ0v) is 14.3. The molecule has 0 aliphatic rings. The first-order valence-electron chi connectivity index (χ1n) is 7.16. The van der Waals surface area contributed by atoms with E-state index in [0.29, 0.717) is 12.3 Å². The zero-order chi connectivity index (χ0) is 16.6. The molecule has 0 aliphatic carbocycles. The Morgan fingerprint density at radius 1 is 1.23 bits per heavy atom. The first-order valence-corrected chi connectivity index (χ1v) is 8.15. The molecule has 1 aromatic heterocycles. The van der Waals surface area contributed by atoms with E-state index in [9.17, 15) is 9.59 Å². The van der Waals surface area contributed by atoms with Gasteiger partial charge in [-0.3, -0.25) is 14.8 Å². The first kappa shape index (κ1) is 18.4. The van der Waals surface area contributed by atoms with E-state index in [-0.39, 0.29) is 5.12 Å². The van der Waals surface area contributed by atoms with Crippen LogP contribution in [-0.4, -0.2) is 33.3 Å². The maximum Gasteiger partial charge on any atom is 0.407 e. The van der Waals surface area contributed by atoms with Crippen molar-refractivity contribution in [2.45, 2.75) is 51.9 Å². The molecule has 0 bridgehead atoms. The van der Waals surface area contributed by atoms with E-state index in [1.165, 1.54) is 18.7 Å². The third-order valence-electron chi connectivity index (χ3n) is 2.46. The van der Waals surface area contributed by atoms with Gasteiger partial charge in [0.15, 0.2) is 5.12 Å². The highest BCUT2D eigenvalue weighted by atomic mass is 32.2. The molecule has 6 nitrogen and oxygen atoms in total. The third-order valence-corrected chi connectivity index (χ3v) is 3.31. The minimum Gasteiger partial charge on any atom is -0.444 e. The molecule has 0 unspecified atom stereocenters. The van der Waals surface area contributed by atoms with Crippen LogP contribution in [0.2, 0.25) is 0 Å². The molecule has 1 aromatic rings. The maximum absolute atomic E-state index is 11.5. The minimum absolute atomic E-state index is 0.0686. The number of aryl methyl sites for hydroxylation is 1. The van der Waals surface area contributed by atoms with Gasteiger partial charge in [0.2, 0.25) is 0 Å². The van der Waals surface area contributed by atoms with Crippen LogP contribution in [0, 0.1) is 0 Å². The number of nitrogens with one attached hydrogen (secondary N) is 1. The topological polar surface area (TPSA) is 81.2 Å². The van der Waals surface area contributed by atoms with Gasteiger partial charge in [0.05, 0.1) is 11.4 Å². The van der Waals surface area contributed by atoms with Crippen LogP contribution < -0.4 is 5.32 Å². The summed E-state index contributed by atoms with van der Waals surface area (Å²) in [5.74, 6) is 0.544. The van der Waals surface area contributed by atoms with Crippen LogP contribution in [0.15, 0.2) is 12.4 Å². The molecule has 0 fully saturated rings. The summed E-state index contributed by atoms with van der Waals surface area (Å²) in [7, 11) is 0. The number of aromatic nitrogens is 2. The molecule has 122 valence electrons. The fourth-order valence-corrected chi connectivity index (χ4v) is 2.04. The lowest BCUT2D eigenvalue weighted by Gasteiger charge is -2.19. The molecule has 22 heavy (non-hydrogen) atoms. The molecule has 1 N–H and O–H groups in total. The average molecular weight is 325 g/mol. The molecule has 1 amide bonds. The first-order chi connectivity index (χ1) is 10.3. The van der Waals surface area contributed by atoms with Crippen molar-refractivity contribution in [1.82, 2.24) is 15.3 Å². The Hall–Kier alpha value is -1.63. The fourth-order valence-electron chi connectivity index (χ4n) is 1.53. The molecule has 1 rings (SSSR count). The van der Waals surface area contributed by atoms with Gasteiger partial charge in [0.25, 0.3) is 0 Å². The number of nitrogens with zero attached hydrogens (tertiary/aromatic N) is 2. The lowest BCUT2D eigenvalue weighted by atomic mass is 10.2. The molecule has 1 heterocycles. The second-order valence-electron chi connectivity index (χ2n) is 5.81. The number of carbonyl (C=O) groups excluding carboxylic acids is 2. The number of rotatable bonds is 6. The van der Waals surface area contributed by atoms with Crippen molar-refractivity contribution in [3.63, 3.8) is 0 Å². The van der Waals surface area contributed by atoms with Crippen molar-refractivity contribution in [2.24, 2.45) is 0 Å². The zero-order valence-electron chi connectivity index (χ0n) is 13.5. The van der Waals surface area contributed by atoms with Crippen LogP contribution >= 0.6 is 11.8 Å². The second-order valence-corrected chi connectivity index (χ2v) is 6.96. The van der Waals surface area contributed by atoms with Gasteiger partial charge in [-0.2, -0.15) is 0 Å². The fraction of sp³-hybridized carbons (Fsp3) is 0.600. The van der Waals surface area contributed by atoms with Crippen LogP contribution in [0.5, 0.6) is 0 Å². The van der Waals surface area contributed by atoms with Gasteiger partial charge in [0.1, 0.15) is 5.60 Å². The van der Waals surface area contributed by atoms with Crippen LogP contribution in [0.4, 0.5) is 4.79 Å². The van der Waals surface area contributed by atoms with Crippen molar-refractivity contribution in [3.05, 3.63) is 23.8 Å². The summed E-state index contributed by atoms with van der Waals surface area (Å²) in [6.07, 6.45) is 4.48. The standard InChI is InChI=1S/C15H23N3O3S/c1-11(19)22-10-13-9-17-12(8-18-13)6-5-7-16-14(20)21-15(2,3)4/h8-9H,5-7,10H2,1-4H3,(H,16,20). The lowest BCUT2D eigenvalue weighted by Crippen LogP contribution is -2.33. The molecule has 0 spiro atoms. The van der Waals surface area contributed by atoms with Crippen LogP contribution in [0.1, 0.15) is 45.5 Å². The SMILES string of the molecule is CC(=O)SCc1cnc(CCCNC(=O)OC(C)(C)C)cn1. The van der Waals surface area contributed by atoms with Crippen molar-refractivity contribution in [3.8, 4) is 0 Å². The highest BCUT2D eigenvalue weighted by molar-refractivity contribution is 8.12. The van der Waals surface area contributed by atoms with Crippen molar-refractivity contribution in [2.75, 3.05) is 6.54 Å². The summed E-state index contributed by atoms with van der Waals surface area (Å²) in [6.45, 7) is 7.54. The number of amides is 1. The minimum atomic E-state index is -0.483. The van der Waals surface area contributed by atoms with Gasteiger partial charge < -0.3 is 10.1 Å². The maximum atomic E-state index is 11.5. The van der Waals surface area contributed by atoms with Crippen molar-refractivity contribution >= 4 is 23.0 Å². The molecule has 0 radical (unpaired) electrons. The van der Waals surface area contributed by atoms with E-state index in [1.807, 2.05) is 20.8 Å². The summed E-state index contributed by atoms with van der Waals surface area (Å²) >= 11 is 1.22. The number of alkyl carbamates (subject to hydrolysis) is 1. The van der Waals surface area contributed by atoms with Gasteiger partial charge >= 0.3 is 6.09 Å². The van der Waals surface area contributed by atoms with Crippen LogP contribution in [0.3, 0.4) is 0 Å². The number of hydrogen-bond donors (Lipinski definition) is 1. The summed E-state index contributed by atoms with van der Waals surface area (Å²) in [6, 6.07) is 0.